The number of halogens is 3. The zero-order valence-corrected chi connectivity index (χ0v) is 7.47. The summed E-state index contributed by atoms with van der Waals surface area (Å²) in [6.45, 7) is 0. The zero-order valence-electron chi connectivity index (χ0n) is 7.47. The van der Waals surface area contributed by atoms with Crippen LogP contribution in [0.1, 0.15) is 6.42 Å². The van der Waals surface area contributed by atoms with Gasteiger partial charge in [-0.1, -0.05) is 0 Å². The van der Waals surface area contributed by atoms with Crippen LogP contribution in [-0.4, -0.2) is 31.3 Å². The summed E-state index contributed by atoms with van der Waals surface area (Å²) >= 11 is 0. The fraction of sp³-hybridized carbons (Fsp3) is 0.875. The van der Waals surface area contributed by atoms with E-state index in [-0.39, 0.29) is 6.42 Å². The van der Waals surface area contributed by atoms with Crippen LogP contribution >= 0.6 is 0 Å². The standard InChI is InChI=1S/C8H10F3NO2/c1-14-7(13)4-2-3-5(6(3)12-4)8(9,10)11/h3-6,12H,2H2,1H3/t3-,4-,5+,6+/m0/s1. The van der Waals surface area contributed by atoms with Crippen LogP contribution < -0.4 is 5.32 Å². The third-order valence-corrected chi connectivity index (χ3v) is 2.93. The molecule has 2 fully saturated rings. The maximum absolute atomic E-state index is 12.2. The van der Waals surface area contributed by atoms with Gasteiger partial charge >= 0.3 is 12.1 Å². The van der Waals surface area contributed by atoms with Crippen molar-refractivity contribution in [1.29, 1.82) is 0 Å². The first-order valence-corrected chi connectivity index (χ1v) is 4.35. The average Bonchev–Trinajstić information content (AvgIpc) is 2.63. The minimum absolute atomic E-state index is 0.238. The summed E-state index contributed by atoms with van der Waals surface area (Å²) in [4.78, 5) is 11.0. The Balaban J connectivity index is 1.91. The van der Waals surface area contributed by atoms with E-state index in [1.165, 1.54) is 7.11 Å². The van der Waals surface area contributed by atoms with E-state index in [0.717, 1.165) is 0 Å². The van der Waals surface area contributed by atoms with Crippen molar-refractivity contribution in [3.05, 3.63) is 0 Å². The zero-order chi connectivity index (χ0) is 10.5. The van der Waals surface area contributed by atoms with Gasteiger partial charge in [0.2, 0.25) is 0 Å². The van der Waals surface area contributed by atoms with Crippen molar-refractivity contribution >= 4 is 5.97 Å². The van der Waals surface area contributed by atoms with Crippen molar-refractivity contribution in [2.45, 2.75) is 24.7 Å². The predicted octanol–water partition coefficient (Wildman–Crippen LogP) is 0.698. The van der Waals surface area contributed by atoms with Gasteiger partial charge in [-0.05, 0) is 12.3 Å². The molecule has 0 aromatic carbocycles. The summed E-state index contributed by atoms with van der Waals surface area (Å²) in [6.07, 6.45) is -3.90. The molecule has 1 aliphatic carbocycles. The Kier molecular flexibility index (Phi) is 1.99. The quantitative estimate of drug-likeness (QED) is 0.646. The number of hydrogen-bond donors (Lipinski definition) is 1. The van der Waals surface area contributed by atoms with Crippen molar-refractivity contribution in [3.63, 3.8) is 0 Å². The van der Waals surface area contributed by atoms with Crippen LogP contribution in [0.2, 0.25) is 0 Å². The van der Waals surface area contributed by atoms with Crippen molar-refractivity contribution in [3.8, 4) is 0 Å². The van der Waals surface area contributed by atoms with Gasteiger partial charge in [0.25, 0.3) is 0 Å². The molecule has 1 N–H and O–H groups in total. The largest absolute Gasteiger partial charge is 0.468 e. The lowest BCUT2D eigenvalue weighted by molar-refractivity contribution is -0.157. The number of carbonyl (C=O) groups excluding carboxylic acids is 1. The second-order valence-electron chi connectivity index (χ2n) is 3.74. The molecule has 3 nitrogen and oxygen atoms in total. The molecule has 1 saturated heterocycles. The van der Waals surface area contributed by atoms with E-state index in [0.29, 0.717) is 0 Å². The number of fused-ring (bicyclic) bond motifs is 1. The molecule has 4 atom stereocenters. The molecule has 1 aliphatic heterocycles. The second kappa shape index (κ2) is 2.85. The Labute approximate surface area is 78.6 Å². The molecule has 1 heterocycles. The highest BCUT2D eigenvalue weighted by Crippen LogP contribution is 2.55. The molecule has 14 heavy (non-hydrogen) atoms. The number of esters is 1. The molecule has 2 aliphatic rings. The van der Waals surface area contributed by atoms with E-state index in [2.05, 4.69) is 10.1 Å². The number of alkyl halides is 3. The molecule has 0 amide bonds. The third kappa shape index (κ3) is 1.37. The Morgan fingerprint density at radius 2 is 2.14 bits per heavy atom. The lowest BCUT2D eigenvalue weighted by atomic mass is 10.1. The number of hydrogen-bond acceptors (Lipinski definition) is 3. The average molecular weight is 209 g/mol. The van der Waals surface area contributed by atoms with E-state index in [9.17, 15) is 18.0 Å². The van der Waals surface area contributed by atoms with Crippen molar-refractivity contribution in [2.75, 3.05) is 7.11 Å². The first-order chi connectivity index (χ1) is 6.45. The predicted molar refractivity (Wildman–Crippen MR) is 40.4 cm³/mol. The van der Waals surface area contributed by atoms with Crippen molar-refractivity contribution < 1.29 is 22.7 Å². The third-order valence-electron chi connectivity index (χ3n) is 2.93. The first-order valence-electron chi connectivity index (χ1n) is 4.35. The Bertz CT molecular complexity index is 254. The van der Waals surface area contributed by atoms with Crippen LogP contribution in [0.5, 0.6) is 0 Å². The van der Waals surface area contributed by atoms with Gasteiger partial charge < -0.3 is 10.1 Å². The van der Waals surface area contributed by atoms with Crippen LogP contribution in [0.3, 0.4) is 0 Å². The van der Waals surface area contributed by atoms with Gasteiger partial charge in [0, 0.05) is 6.04 Å². The van der Waals surface area contributed by atoms with Crippen LogP contribution in [0.15, 0.2) is 0 Å². The smallest absolute Gasteiger partial charge is 0.393 e. The highest BCUT2D eigenvalue weighted by molar-refractivity contribution is 5.76. The van der Waals surface area contributed by atoms with Crippen LogP contribution in [-0.2, 0) is 9.53 Å². The number of carbonyl (C=O) groups is 1. The maximum Gasteiger partial charge on any atom is 0.393 e. The monoisotopic (exact) mass is 209 g/mol. The number of ether oxygens (including phenoxy) is 1. The number of nitrogens with one attached hydrogen (secondary N) is 1. The van der Waals surface area contributed by atoms with E-state index in [4.69, 9.17) is 0 Å². The summed E-state index contributed by atoms with van der Waals surface area (Å²) < 4.78 is 41.1. The summed E-state index contributed by atoms with van der Waals surface area (Å²) in [7, 11) is 1.23. The van der Waals surface area contributed by atoms with Crippen LogP contribution in [0.25, 0.3) is 0 Å². The summed E-state index contributed by atoms with van der Waals surface area (Å²) in [5.74, 6) is -2.17. The van der Waals surface area contributed by atoms with Crippen molar-refractivity contribution in [2.24, 2.45) is 11.8 Å². The second-order valence-corrected chi connectivity index (χ2v) is 3.74. The van der Waals surface area contributed by atoms with E-state index >= 15 is 0 Å². The lowest BCUT2D eigenvalue weighted by Gasteiger charge is -2.14. The highest BCUT2D eigenvalue weighted by Gasteiger charge is 2.68. The molecular formula is C8H10F3NO2. The van der Waals surface area contributed by atoms with Gasteiger partial charge in [0.1, 0.15) is 6.04 Å². The molecule has 1 saturated carbocycles. The van der Waals surface area contributed by atoms with Gasteiger partial charge in [-0.2, -0.15) is 13.2 Å². The van der Waals surface area contributed by atoms with Crippen molar-refractivity contribution in [1.82, 2.24) is 5.32 Å². The molecule has 80 valence electrons. The molecule has 2 rings (SSSR count). The Morgan fingerprint density at radius 3 is 2.50 bits per heavy atom. The minimum atomic E-state index is -4.14. The van der Waals surface area contributed by atoms with Crippen LogP contribution in [0.4, 0.5) is 13.2 Å². The fourth-order valence-corrected chi connectivity index (χ4v) is 2.22. The van der Waals surface area contributed by atoms with E-state index < -0.39 is 36.1 Å². The Morgan fingerprint density at radius 1 is 1.50 bits per heavy atom. The molecule has 0 spiro atoms. The van der Waals surface area contributed by atoms with Crippen LogP contribution in [0, 0.1) is 11.8 Å². The highest BCUT2D eigenvalue weighted by atomic mass is 19.4. The number of rotatable bonds is 1. The fourth-order valence-electron chi connectivity index (χ4n) is 2.22. The number of methoxy groups -OCH3 is 1. The SMILES string of the molecule is COC(=O)[C@@H]1C[C@@H]2[C@@H](N1)[C@@H]2C(F)(F)F. The molecule has 6 heteroatoms. The summed E-state index contributed by atoms with van der Waals surface area (Å²) in [5, 5.41) is 2.64. The summed E-state index contributed by atoms with van der Waals surface area (Å²) in [6, 6.07) is -1.12. The molecule has 0 radical (unpaired) electrons. The van der Waals surface area contributed by atoms with Gasteiger partial charge in [0.15, 0.2) is 0 Å². The molecular weight excluding hydrogens is 199 g/mol. The molecule has 0 bridgehead atoms. The topological polar surface area (TPSA) is 38.3 Å². The summed E-state index contributed by atoms with van der Waals surface area (Å²) in [5.41, 5.74) is 0. The lowest BCUT2D eigenvalue weighted by Crippen LogP contribution is -2.38. The van der Waals surface area contributed by atoms with Gasteiger partial charge in [-0.3, -0.25) is 4.79 Å². The van der Waals surface area contributed by atoms with E-state index in [1.54, 1.807) is 0 Å². The van der Waals surface area contributed by atoms with Gasteiger partial charge in [-0.15, -0.1) is 0 Å². The van der Waals surface area contributed by atoms with Gasteiger partial charge in [0.05, 0.1) is 13.0 Å². The normalized spacial score (nSPS) is 40.6. The molecule has 0 aromatic rings. The molecule has 0 aromatic heterocycles. The molecule has 0 unspecified atom stereocenters. The first kappa shape index (κ1) is 9.76. The van der Waals surface area contributed by atoms with Gasteiger partial charge in [-0.25, -0.2) is 0 Å². The maximum atomic E-state index is 12.2. The number of piperidine rings is 1. The van der Waals surface area contributed by atoms with E-state index in [1.807, 2.05) is 0 Å². The Hall–Kier alpha value is -0.780. The minimum Gasteiger partial charge on any atom is -0.468 e.